The number of nitrogens with one attached hydrogen (secondary N) is 2. The Morgan fingerprint density at radius 1 is 1.16 bits per heavy atom. The van der Waals surface area contributed by atoms with Gasteiger partial charge in [0.05, 0.1) is 6.42 Å². The number of carbonyl (C=O) groups is 2. The quantitative estimate of drug-likeness (QED) is 0.692. The fourth-order valence-corrected chi connectivity index (χ4v) is 2.64. The zero-order valence-electron chi connectivity index (χ0n) is 11.9. The Hall–Kier alpha value is -1.26. The summed E-state index contributed by atoms with van der Waals surface area (Å²) in [5.74, 6) is 1.27. The second-order valence-corrected chi connectivity index (χ2v) is 5.81. The number of carboxylic acids is 1. The summed E-state index contributed by atoms with van der Waals surface area (Å²) in [7, 11) is 0. The van der Waals surface area contributed by atoms with E-state index >= 15 is 0 Å². The van der Waals surface area contributed by atoms with Gasteiger partial charge >= 0.3 is 12.0 Å². The van der Waals surface area contributed by atoms with Crippen LogP contribution in [0.5, 0.6) is 0 Å². The Bertz CT molecular complexity index is 297. The second kappa shape index (κ2) is 8.02. The van der Waals surface area contributed by atoms with E-state index < -0.39 is 5.97 Å². The van der Waals surface area contributed by atoms with Crippen molar-refractivity contribution in [3.63, 3.8) is 0 Å². The van der Waals surface area contributed by atoms with Gasteiger partial charge in [0.25, 0.3) is 0 Å². The van der Waals surface area contributed by atoms with Crippen LogP contribution < -0.4 is 10.6 Å². The molecule has 0 saturated heterocycles. The van der Waals surface area contributed by atoms with Gasteiger partial charge in [-0.2, -0.15) is 0 Å². The highest BCUT2D eigenvalue weighted by Crippen LogP contribution is 2.32. The lowest BCUT2D eigenvalue weighted by molar-refractivity contribution is -0.136. The molecule has 3 N–H and O–H groups in total. The summed E-state index contributed by atoms with van der Waals surface area (Å²) in [5, 5.41) is 13.8. The van der Waals surface area contributed by atoms with Crippen LogP contribution in [-0.4, -0.2) is 30.2 Å². The number of amides is 2. The molecule has 19 heavy (non-hydrogen) atoms. The molecule has 0 radical (unpaired) electrons. The van der Waals surface area contributed by atoms with E-state index in [0.29, 0.717) is 12.5 Å². The molecule has 0 atom stereocenters. The molecule has 0 aliphatic heterocycles. The first kappa shape index (κ1) is 15.8. The number of urea groups is 1. The summed E-state index contributed by atoms with van der Waals surface area (Å²) in [4.78, 5) is 21.7. The lowest BCUT2D eigenvalue weighted by atomic mass is 9.77. The lowest BCUT2D eigenvalue weighted by Gasteiger charge is -2.30. The molecule has 0 unspecified atom stereocenters. The Balaban J connectivity index is 2.10. The Morgan fingerprint density at radius 2 is 1.79 bits per heavy atom. The molecule has 5 nitrogen and oxygen atoms in total. The minimum atomic E-state index is -0.896. The van der Waals surface area contributed by atoms with Crippen LogP contribution in [0.1, 0.15) is 46.0 Å². The Morgan fingerprint density at radius 3 is 2.32 bits per heavy atom. The molecule has 2 amide bonds. The minimum Gasteiger partial charge on any atom is -0.481 e. The fraction of sp³-hybridized carbons (Fsp3) is 0.857. The van der Waals surface area contributed by atoms with Crippen molar-refractivity contribution < 1.29 is 14.7 Å². The minimum absolute atomic E-state index is 0.0348. The van der Waals surface area contributed by atoms with E-state index in [9.17, 15) is 9.59 Å². The summed E-state index contributed by atoms with van der Waals surface area (Å²) in [5.41, 5.74) is 0. The van der Waals surface area contributed by atoms with Crippen molar-refractivity contribution in [1.82, 2.24) is 10.6 Å². The van der Waals surface area contributed by atoms with Gasteiger partial charge in [-0.25, -0.2) is 4.79 Å². The van der Waals surface area contributed by atoms with Crippen molar-refractivity contribution in [2.45, 2.75) is 46.0 Å². The number of rotatable bonds is 6. The molecule has 5 heteroatoms. The summed E-state index contributed by atoms with van der Waals surface area (Å²) in [6.45, 7) is 5.43. The third-order valence-corrected chi connectivity index (χ3v) is 4.01. The molecule has 1 aliphatic rings. The molecule has 0 bridgehead atoms. The van der Waals surface area contributed by atoms with Crippen molar-refractivity contribution in [3.8, 4) is 0 Å². The highest BCUT2D eigenvalue weighted by atomic mass is 16.4. The van der Waals surface area contributed by atoms with Gasteiger partial charge in [0, 0.05) is 13.1 Å². The van der Waals surface area contributed by atoms with Crippen LogP contribution in [0, 0.1) is 17.8 Å². The van der Waals surface area contributed by atoms with Gasteiger partial charge in [-0.15, -0.1) is 0 Å². The predicted octanol–water partition coefficient (Wildman–Crippen LogP) is 2.22. The molecule has 1 aliphatic carbocycles. The molecule has 0 aromatic carbocycles. The fourth-order valence-electron chi connectivity index (χ4n) is 2.64. The first-order valence-corrected chi connectivity index (χ1v) is 7.22. The molecular formula is C14H26N2O3. The van der Waals surface area contributed by atoms with E-state index in [1.807, 2.05) is 0 Å². The normalized spacial score (nSPS) is 23.1. The highest BCUT2D eigenvalue weighted by Gasteiger charge is 2.23. The summed E-state index contributed by atoms with van der Waals surface area (Å²) in [6.07, 6.45) is 4.83. The van der Waals surface area contributed by atoms with Crippen molar-refractivity contribution in [3.05, 3.63) is 0 Å². The van der Waals surface area contributed by atoms with Crippen LogP contribution >= 0.6 is 0 Å². The predicted molar refractivity (Wildman–Crippen MR) is 73.9 cm³/mol. The Labute approximate surface area is 115 Å². The van der Waals surface area contributed by atoms with Gasteiger partial charge in [0.2, 0.25) is 0 Å². The maximum Gasteiger partial charge on any atom is 0.314 e. The van der Waals surface area contributed by atoms with Crippen LogP contribution in [0.25, 0.3) is 0 Å². The average Bonchev–Trinajstić information content (AvgIpc) is 2.36. The van der Waals surface area contributed by atoms with Crippen molar-refractivity contribution in [2.24, 2.45) is 17.8 Å². The SMILES string of the molecule is CC(C)C1CCC(CNC(=O)NCCC(=O)O)CC1. The standard InChI is InChI=1S/C14H26N2O3/c1-10(2)12-5-3-11(4-6-12)9-16-14(19)15-8-7-13(17)18/h10-12H,3-9H2,1-2H3,(H,17,18)(H2,15,16,19). The van der Waals surface area contributed by atoms with Crippen LogP contribution in [0.2, 0.25) is 0 Å². The number of hydrogen-bond acceptors (Lipinski definition) is 2. The first-order chi connectivity index (χ1) is 8.99. The molecule has 1 rings (SSSR count). The number of hydrogen-bond donors (Lipinski definition) is 3. The van der Waals surface area contributed by atoms with E-state index in [1.165, 1.54) is 25.7 Å². The third-order valence-electron chi connectivity index (χ3n) is 4.01. The monoisotopic (exact) mass is 270 g/mol. The molecule has 110 valence electrons. The van der Waals surface area contributed by atoms with E-state index in [0.717, 1.165) is 11.8 Å². The first-order valence-electron chi connectivity index (χ1n) is 7.22. The van der Waals surface area contributed by atoms with Gasteiger partial charge in [-0.3, -0.25) is 4.79 Å². The highest BCUT2D eigenvalue weighted by molar-refractivity contribution is 5.74. The molecule has 0 spiro atoms. The van der Waals surface area contributed by atoms with E-state index in [-0.39, 0.29) is 19.0 Å². The van der Waals surface area contributed by atoms with Crippen LogP contribution in [0.15, 0.2) is 0 Å². The van der Waals surface area contributed by atoms with Gasteiger partial charge in [0.15, 0.2) is 0 Å². The molecule has 1 fully saturated rings. The van der Waals surface area contributed by atoms with Gasteiger partial charge in [-0.1, -0.05) is 13.8 Å². The van der Waals surface area contributed by atoms with E-state index in [4.69, 9.17) is 5.11 Å². The lowest BCUT2D eigenvalue weighted by Crippen LogP contribution is -2.39. The van der Waals surface area contributed by atoms with Crippen LogP contribution in [-0.2, 0) is 4.79 Å². The molecule has 0 aromatic rings. The van der Waals surface area contributed by atoms with Gasteiger partial charge < -0.3 is 15.7 Å². The largest absolute Gasteiger partial charge is 0.481 e. The molecule has 0 heterocycles. The zero-order chi connectivity index (χ0) is 14.3. The molecular weight excluding hydrogens is 244 g/mol. The summed E-state index contributed by atoms with van der Waals surface area (Å²) in [6, 6.07) is -0.257. The summed E-state index contributed by atoms with van der Waals surface area (Å²) < 4.78 is 0. The smallest absolute Gasteiger partial charge is 0.314 e. The Kier molecular flexibility index (Phi) is 6.67. The molecule has 0 aromatic heterocycles. The maximum atomic E-state index is 11.4. The van der Waals surface area contributed by atoms with Crippen LogP contribution in [0.4, 0.5) is 4.79 Å². The average molecular weight is 270 g/mol. The number of carbonyl (C=O) groups excluding carboxylic acids is 1. The maximum absolute atomic E-state index is 11.4. The van der Waals surface area contributed by atoms with Crippen molar-refractivity contribution in [1.29, 1.82) is 0 Å². The zero-order valence-corrected chi connectivity index (χ0v) is 11.9. The van der Waals surface area contributed by atoms with Crippen molar-refractivity contribution in [2.75, 3.05) is 13.1 Å². The number of carboxylic acid groups (broad SMARTS) is 1. The van der Waals surface area contributed by atoms with Gasteiger partial charge in [-0.05, 0) is 43.4 Å². The van der Waals surface area contributed by atoms with E-state index in [2.05, 4.69) is 24.5 Å². The second-order valence-electron chi connectivity index (χ2n) is 5.81. The van der Waals surface area contributed by atoms with Gasteiger partial charge in [0.1, 0.15) is 0 Å². The number of aliphatic carboxylic acids is 1. The van der Waals surface area contributed by atoms with Crippen molar-refractivity contribution >= 4 is 12.0 Å². The topological polar surface area (TPSA) is 78.4 Å². The summed E-state index contributed by atoms with van der Waals surface area (Å²) >= 11 is 0. The van der Waals surface area contributed by atoms with E-state index in [1.54, 1.807) is 0 Å². The van der Waals surface area contributed by atoms with Crippen LogP contribution in [0.3, 0.4) is 0 Å². The molecule has 1 saturated carbocycles. The third kappa shape index (κ3) is 6.45.